The molecule has 2 aromatic rings. The van der Waals surface area contributed by atoms with Gasteiger partial charge in [-0.1, -0.05) is 13.3 Å². The molecule has 0 radical (unpaired) electrons. The van der Waals surface area contributed by atoms with Gasteiger partial charge in [-0.2, -0.15) is 5.10 Å². The molecule has 138 valence electrons. The number of carbonyl (C=O) groups excluding carboxylic acids is 1. The average molecular weight is 371 g/mol. The summed E-state index contributed by atoms with van der Waals surface area (Å²) in [7, 11) is 0. The minimum absolute atomic E-state index is 0.195. The molecule has 4 nitrogen and oxygen atoms in total. The number of aryl methyl sites for hydroxylation is 1. The van der Waals surface area contributed by atoms with E-state index in [0.717, 1.165) is 42.0 Å². The zero-order chi connectivity index (χ0) is 18.4. The molecule has 1 heterocycles. The molecule has 1 aromatic heterocycles. The molecule has 1 N–H and O–H groups in total. The normalized spacial score (nSPS) is 15.2. The minimum Gasteiger partial charge on any atom is -0.490 e. The Labute approximate surface area is 159 Å². The van der Waals surface area contributed by atoms with Crippen LogP contribution in [0.25, 0.3) is 0 Å². The number of hydrazone groups is 1. The molecule has 0 spiro atoms. The van der Waals surface area contributed by atoms with Crippen LogP contribution in [0.4, 0.5) is 0 Å². The van der Waals surface area contributed by atoms with E-state index < -0.39 is 0 Å². The summed E-state index contributed by atoms with van der Waals surface area (Å²) in [5.74, 6) is 0.636. The molecule has 1 aliphatic rings. The molecule has 1 aromatic carbocycles. The fourth-order valence-corrected chi connectivity index (χ4v) is 4.01. The van der Waals surface area contributed by atoms with Crippen LogP contribution >= 0.6 is 11.3 Å². The third-order valence-corrected chi connectivity index (χ3v) is 5.58. The van der Waals surface area contributed by atoms with Gasteiger partial charge < -0.3 is 4.74 Å². The first-order valence-corrected chi connectivity index (χ1v) is 10.2. The van der Waals surface area contributed by atoms with Gasteiger partial charge in [0.05, 0.1) is 16.7 Å². The quantitative estimate of drug-likeness (QED) is 0.530. The van der Waals surface area contributed by atoms with Crippen molar-refractivity contribution in [2.75, 3.05) is 0 Å². The van der Waals surface area contributed by atoms with E-state index in [2.05, 4.69) is 36.5 Å². The summed E-state index contributed by atoms with van der Waals surface area (Å²) in [6, 6.07) is 11.5. The maximum atomic E-state index is 12.4. The molecule has 0 atom stereocenters. The van der Waals surface area contributed by atoms with Crippen molar-refractivity contribution in [2.45, 2.75) is 58.5 Å². The van der Waals surface area contributed by atoms with Gasteiger partial charge in [0.1, 0.15) is 5.75 Å². The first kappa shape index (κ1) is 18.6. The van der Waals surface area contributed by atoms with Crippen LogP contribution in [0.5, 0.6) is 5.75 Å². The highest BCUT2D eigenvalue weighted by Crippen LogP contribution is 2.24. The molecule has 1 aliphatic carbocycles. The fourth-order valence-electron chi connectivity index (χ4n) is 3.13. The molecule has 26 heavy (non-hydrogen) atoms. The third kappa shape index (κ3) is 4.94. The van der Waals surface area contributed by atoms with Crippen LogP contribution in [0.2, 0.25) is 0 Å². The van der Waals surface area contributed by atoms with Gasteiger partial charge in [-0.3, -0.25) is 4.79 Å². The average Bonchev–Trinajstić information content (AvgIpc) is 3.31. The first-order chi connectivity index (χ1) is 12.7. The van der Waals surface area contributed by atoms with E-state index in [1.165, 1.54) is 17.7 Å². The molecule has 0 aliphatic heterocycles. The molecule has 1 amide bonds. The van der Waals surface area contributed by atoms with E-state index in [-0.39, 0.29) is 5.91 Å². The van der Waals surface area contributed by atoms with E-state index in [1.807, 2.05) is 12.1 Å². The second kappa shape index (κ2) is 8.99. The lowest BCUT2D eigenvalue weighted by Crippen LogP contribution is -2.20. The molecule has 0 bridgehead atoms. The summed E-state index contributed by atoms with van der Waals surface area (Å²) in [5.41, 5.74) is 4.22. The molecule has 5 heteroatoms. The summed E-state index contributed by atoms with van der Waals surface area (Å²) in [4.78, 5) is 14.7. The third-order valence-electron chi connectivity index (χ3n) is 4.53. The maximum absolute atomic E-state index is 12.4. The maximum Gasteiger partial charge on any atom is 0.271 e. The lowest BCUT2D eigenvalue weighted by Gasteiger charge is -2.13. The highest BCUT2D eigenvalue weighted by atomic mass is 32.1. The Morgan fingerprint density at radius 1 is 1.19 bits per heavy atom. The van der Waals surface area contributed by atoms with Gasteiger partial charge in [0, 0.05) is 10.4 Å². The second-order valence-electron chi connectivity index (χ2n) is 6.71. The number of nitrogens with zero attached hydrogens (tertiary/aromatic N) is 1. The van der Waals surface area contributed by atoms with Crippen LogP contribution in [-0.2, 0) is 0 Å². The lowest BCUT2D eigenvalue weighted by atomic mass is 10.2. The summed E-state index contributed by atoms with van der Waals surface area (Å²) in [6.45, 7) is 4.19. The highest BCUT2D eigenvalue weighted by molar-refractivity contribution is 7.14. The molecular formula is C21H26N2O2S. The monoisotopic (exact) mass is 370 g/mol. The number of rotatable bonds is 7. The van der Waals surface area contributed by atoms with Crippen molar-refractivity contribution in [3.05, 3.63) is 51.7 Å². The van der Waals surface area contributed by atoms with Gasteiger partial charge in [0.15, 0.2) is 0 Å². The number of amides is 1. The summed E-state index contributed by atoms with van der Waals surface area (Å²) < 4.78 is 5.94. The standard InChI is InChI=1S/C21H26N2O2S/c1-3-6-19(20-14-9-15(2)26-20)22-23-21(24)16-10-12-18(13-11-16)25-17-7-4-5-8-17/h9-14,17H,3-8H2,1-2H3,(H,23,24)/b22-19-. The van der Waals surface area contributed by atoms with Crippen molar-refractivity contribution in [1.29, 1.82) is 0 Å². The summed E-state index contributed by atoms with van der Waals surface area (Å²) in [6.07, 6.45) is 6.89. The van der Waals surface area contributed by atoms with Crippen molar-refractivity contribution in [3.8, 4) is 5.75 Å². The number of benzene rings is 1. The number of hydrogen-bond acceptors (Lipinski definition) is 4. The van der Waals surface area contributed by atoms with Crippen LogP contribution in [0.1, 0.15) is 65.6 Å². The molecule has 0 unspecified atom stereocenters. The van der Waals surface area contributed by atoms with Crippen molar-refractivity contribution in [1.82, 2.24) is 5.43 Å². The Morgan fingerprint density at radius 2 is 1.92 bits per heavy atom. The van der Waals surface area contributed by atoms with Gasteiger partial charge in [0.25, 0.3) is 5.91 Å². The Kier molecular flexibility index (Phi) is 6.45. The van der Waals surface area contributed by atoms with E-state index in [9.17, 15) is 4.79 Å². The fraction of sp³-hybridized carbons (Fsp3) is 0.429. The molecule has 0 saturated heterocycles. The van der Waals surface area contributed by atoms with E-state index in [4.69, 9.17) is 4.74 Å². The van der Waals surface area contributed by atoms with Crippen LogP contribution in [0, 0.1) is 6.92 Å². The Hall–Kier alpha value is -2.14. The van der Waals surface area contributed by atoms with Crippen molar-refractivity contribution in [2.24, 2.45) is 5.10 Å². The number of ether oxygens (including phenoxy) is 1. The van der Waals surface area contributed by atoms with Crippen LogP contribution in [-0.4, -0.2) is 17.7 Å². The predicted molar refractivity (Wildman–Crippen MR) is 107 cm³/mol. The first-order valence-electron chi connectivity index (χ1n) is 9.36. The van der Waals surface area contributed by atoms with Crippen molar-refractivity contribution in [3.63, 3.8) is 0 Å². The Balaban J connectivity index is 1.62. The van der Waals surface area contributed by atoms with Crippen LogP contribution in [0.15, 0.2) is 41.5 Å². The van der Waals surface area contributed by atoms with Crippen molar-refractivity contribution < 1.29 is 9.53 Å². The largest absolute Gasteiger partial charge is 0.490 e. The van der Waals surface area contributed by atoms with Gasteiger partial charge in [-0.25, -0.2) is 5.43 Å². The van der Waals surface area contributed by atoms with Gasteiger partial charge in [-0.05, 0) is 75.4 Å². The molecule has 3 rings (SSSR count). The Morgan fingerprint density at radius 3 is 2.54 bits per heavy atom. The Bertz CT molecular complexity index is 759. The zero-order valence-corrected chi connectivity index (χ0v) is 16.3. The number of thiophene rings is 1. The SMILES string of the molecule is CCC/C(=N/NC(=O)c1ccc(OC2CCCC2)cc1)c1ccc(C)s1. The molecule has 1 fully saturated rings. The lowest BCUT2D eigenvalue weighted by molar-refractivity contribution is 0.0954. The van der Waals surface area contributed by atoms with Gasteiger partial charge >= 0.3 is 0 Å². The minimum atomic E-state index is -0.195. The van der Waals surface area contributed by atoms with E-state index in [0.29, 0.717) is 11.7 Å². The smallest absolute Gasteiger partial charge is 0.271 e. The van der Waals surface area contributed by atoms with E-state index >= 15 is 0 Å². The van der Waals surface area contributed by atoms with Crippen molar-refractivity contribution >= 4 is 23.0 Å². The summed E-state index contributed by atoms with van der Waals surface area (Å²) in [5, 5.41) is 4.38. The van der Waals surface area contributed by atoms with Gasteiger partial charge in [-0.15, -0.1) is 11.3 Å². The van der Waals surface area contributed by atoms with E-state index in [1.54, 1.807) is 23.5 Å². The number of carbonyl (C=O) groups is 1. The van der Waals surface area contributed by atoms with Crippen LogP contribution in [0.3, 0.4) is 0 Å². The molecular weight excluding hydrogens is 344 g/mol. The zero-order valence-electron chi connectivity index (χ0n) is 15.5. The number of nitrogens with one attached hydrogen (secondary N) is 1. The second-order valence-corrected chi connectivity index (χ2v) is 8.00. The summed E-state index contributed by atoms with van der Waals surface area (Å²) >= 11 is 1.70. The van der Waals surface area contributed by atoms with Crippen LogP contribution < -0.4 is 10.2 Å². The number of hydrogen-bond donors (Lipinski definition) is 1. The molecule has 1 saturated carbocycles. The van der Waals surface area contributed by atoms with Gasteiger partial charge in [0.2, 0.25) is 0 Å². The predicted octanol–water partition coefficient (Wildman–Crippen LogP) is 5.31. The highest BCUT2D eigenvalue weighted by Gasteiger charge is 2.16. The topological polar surface area (TPSA) is 50.7 Å².